The molecule has 0 aliphatic rings. The van der Waals surface area contributed by atoms with Crippen molar-refractivity contribution in [1.82, 2.24) is 5.32 Å². The average molecular weight is 168 g/mol. The van der Waals surface area contributed by atoms with E-state index < -0.39 is 0 Å². The summed E-state index contributed by atoms with van der Waals surface area (Å²) in [4.78, 5) is 0. The van der Waals surface area contributed by atoms with Crippen molar-refractivity contribution in [2.75, 3.05) is 6.54 Å². The first-order valence-corrected chi connectivity index (χ1v) is 4.91. The molecule has 2 heteroatoms. The second kappa shape index (κ2) is 7.12. The Morgan fingerprint density at radius 3 is 2.08 bits per heavy atom. The standard InChI is InChI=1S/C10H20N2/c1-4-9(5-2)8-12-10(6-3)7-11/h9-10,12H,4-6,8H2,1-3H3. The summed E-state index contributed by atoms with van der Waals surface area (Å²) in [5.74, 6) is 0.729. The summed E-state index contributed by atoms with van der Waals surface area (Å²) in [5, 5.41) is 11.9. The maximum Gasteiger partial charge on any atom is 0.0950 e. The molecule has 0 amide bonds. The Bertz CT molecular complexity index is 133. The number of nitriles is 1. The normalized spacial score (nSPS) is 12.9. The van der Waals surface area contributed by atoms with Crippen molar-refractivity contribution >= 4 is 0 Å². The molecule has 0 saturated heterocycles. The first-order chi connectivity index (χ1) is 5.78. The molecule has 0 aromatic heterocycles. The van der Waals surface area contributed by atoms with Crippen molar-refractivity contribution in [2.45, 2.75) is 46.1 Å². The van der Waals surface area contributed by atoms with Gasteiger partial charge in [-0.1, -0.05) is 33.6 Å². The molecule has 0 bridgehead atoms. The second-order valence-electron chi connectivity index (χ2n) is 3.18. The molecular formula is C10H20N2. The highest BCUT2D eigenvalue weighted by Crippen LogP contribution is 2.05. The van der Waals surface area contributed by atoms with Gasteiger partial charge in [0, 0.05) is 0 Å². The van der Waals surface area contributed by atoms with Crippen LogP contribution in [0.15, 0.2) is 0 Å². The maximum absolute atomic E-state index is 8.67. The number of nitrogens with one attached hydrogen (secondary N) is 1. The van der Waals surface area contributed by atoms with Crippen LogP contribution in [0.4, 0.5) is 0 Å². The van der Waals surface area contributed by atoms with Crippen LogP contribution in [0.25, 0.3) is 0 Å². The quantitative estimate of drug-likeness (QED) is 0.660. The van der Waals surface area contributed by atoms with Crippen molar-refractivity contribution in [3.8, 4) is 6.07 Å². The Morgan fingerprint density at radius 2 is 1.75 bits per heavy atom. The Balaban J connectivity index is 3.58. The third-order valence-electron chi connectivity index (χ3n) is 2.37. The summed E-state index contributed by atoms with van der Waals surface area (Å²) in [6.07, 6.45) is 3.30. The third-order valence-corrected chi connectivity index (χ3v) is 2.37. The summed E-state index contributed by atoms with van der Waals surface area (Å²) in [5.41, 5.74) is 0. The van der Waals surface area contributed by atoms with Gasteiger partial charge in [-0.2, -0.15) is 5.26 Å². The van der Waals surface area contributed by atoms with Gasteiger partial charge in [-0.15, -0.1) is 0 Å². The molecule has 0 saturated carbocycles. The van der Waals surface area contributed by atoms with E-state index in [0.29, 0.717) is 0 Å². The van der Waals surface area contributed by atoms with Crippen LogP contribution in [0, 0.1) is 17.2 Å². The molecule has 0 aliphatic carbocycles. The molecule has 0 heterocycles. The van der Waals surface area contributed by atoms with Crippen LogP contribution in [0.3, 0.4) is 0 Å². The second-order valence-corrected chi connectivity index (χ2v) is 3.18. The van der Waals surface area contributed by atoms with E-state index in [2.05, 4.69) is 25.2 Å². The monoisotopic (exact) mass is 168 g/mol. The molecule has 12 heavy (non-hydrogen) atoms. The van der Waals surface area contributed by atoms with Crippen LogP contribution < -0.4 is 5.32 Å². The Hall–Kier alpha value is -0.550. The molecule has 0 aromatic rings. The Labute approximate surface area is 76.0 Å². The fraction of sp³-hybridized carbons (Fsp3) is 0.900. The number of rotatable bonds is 6. The minimum Gasteiger partial charge on any atom is -0.302 e. The van der Waals surface area contributed by atoms with Gasteiger partial charge in [-0.05, 0) is 18.9 Å². The van der Waals surface area contributed by atoms with Crippen LogP contribution in [0.5, 0.6) is 0 Å². The van der Waals surface area contributed by atoms with Crippen molar-refractivity contribution in [3.05, 3.63) is 0 Å². The largest absolute Gasteiger partial charge is 0.302 e. The summed E-state index contributed by atoms with van der Waals surface area (Å²) in [7, 11) is 0. The van der Waals surface area contributed by atoms with Gasteiger partial charge < -0.3 is 5.32 Å². The van der Waals surface area contributed by atoms with Crippen molar-refractivity contribution in [3.63, 3.8) is 0 Å². The van der Waals surface area contributed by atoms with Gasteiger partial charge in [0.05, 0.1) is 12.1 Å². The van der Waals surface area contributed by atoms with Crippen LogP contribution in [-0.2, 0) is 0 Å². The highest BCUT2D eigenvalue weighted by atomic mass is 14.9. The molecule has 0 radical (unpaired) electrons. The van der Waals surface area contributed by atoms with E-state index in [1.54, 1.807) is 0 Å². The van der Waals surface area contributed by atoms with Crippen LogP contribution in [-0.4, -0.2) is 12.6 Å². The first kappa shape index (κ1) is 11.4. The number of nitrogens with zero attached hydrogens (tertiary/aromatic N) is 1. The average Bonchev–Trinajstić information content (AvgIpc) is 2.13. The van der Waals surface area contributed by atoms with E-state index >= 15 is 0 Å². The zero-order valence-electron chi connectivity index (χ0n) is 8.43. The summed E-state index contributed by atoms with van der Waals surface area (Å²) in [6.45, 7) is 7.42. The fourth-order valence-electron chi connectivity index (χ4n) is 1.17. The molecule has 0 spiro atoms. The Morgan fingerprint density at radius 1 is 1.17 bits per heavy atom. The van der Waals surface area contributed by atoms with Crippen LogP contribution >= 0.6 is 0 Å². The molecule has 1 atom stereocenters. The van der Waals surface area contributed by atoms with E-state index in [-0.39, 0.29) is 6.04 Å². The first-order valence-electron chi connectivity index (χ1n) is 4.91. The minimum absolute atomic E-state index is 0.0469. The SMILES string of the molecule is CCC(CC)CNC(C#N)CC. The van der Waals surface area contributed by atoms with E-state index in [1.807, 2.05) is 6.92 Å². The van der Waals surface area contributed by atoms with E-state index in [9.17, 15) is 0 Å². The molecule has 2 nitrogen and oxygen atoms in total. The molecule has 70 valence electrons. The van der Waals surface area contributed by atoms with Gasteiger partial charge in [0.1, 0.15) is 0 Å². The Kier molecular flexibility index (Phi) is 6.79. The predicted molar refractivity (Wildman–Crippen MR) is 51.8 cm³/mol. The summed E-state index contributed by atoms with van der Waals surface area (Å²) >= 11 is 0. The topological polar surface area (TPSA) is 35.8 Å². The van der Waals surface area contributed by atoms with Gasteiger partial charge in [0.2, 0.25) is 0 Å². The molecule has 0 aliphatic heterocycles. The zero-order valence-corrected chi connectivity index (χ0v) is 8.43. The van der Waals surface area contributed by atoms with Gasteiger partial charge >= 0.3 is 0 Å². The lowest BCUT2D eigenvalue weighted by molar-refractivity contribution is 0.429. The van der Waals surface area contributed by atoms with Crippen molar-refractivity contribution < 1.29 is 0 Å². The summed E-state index contributed by atoms with van der Waals surface area (Å²) < 4.78 is 0. The lowest BCUT2D eigenvalue weighted by Crippen LogP contribution is -2.31. The lowest BCUT2D eigenvalue weighted by Gasteiger charge is -2.15. The molecule has 1 N–H and O–H groups in total. The van der Waals surface area contributed by atoms with E-state index in [0.717, 1.165) is 18.9 Å². The van der Waals surface area contributed by atoms with Gasteiger partial charge in [0.25, 0.3) is 0 Å². The van der Waals surface area contributed by atoms with E-state index in [4.69, 9.17) is 5.26 Å². The highest BCUT2D eigenvalue weighted by molar-refractivity contribution is 4.88. The maximum atomic E-state index is 8.67. The van der Waals surface area contributed by atoms with Gasteiger partial charge in [-0.25, -0.2) is 0 Å². The third kappa shape index (κ3) is 4.35. The molecule has 0 rings (SSSR count). The zero-order chi connectivity index (χ0) is 9.40. The van der Waals surface area contributed by atoms with Crippen LogP contribution in [0.1, 0.15) is 40.0 Å². The smallest absolute Gasteiger partial charge is 0.0950 e. The van der Waals surface area contributed by atoms with E-state index in [1.165, 1.54) is 12.8 Å². The van der Waals surface area contributed by atoms with Gasteiger partial charge in [-0.3, -0.25) is 0 Å². The number of hydrogen-bond donors (Lipinski definition) is 1. The molecule has 0 aromatic carbocycles. The molecule has 0 fully saturated rings. The highest BCUT2D eigenvalue weighted by Gasteiger charge is 2.06. The number of hydrogen-bond acceptors (Lipinski definition) is 2. The molecular weight excluding hydrogens is 148 g/mol. The van der Waals surface area contributed by atoms with Crippen LogP contribution in [0.2, 0.25) is 0 Å². The van der Waals surface area contributed by atoms with Crippen molar-refractivity contribution in [2.24, 2.45) is 5.92 Å². The molecule has 1 unspecified atom stereocenters. The predicted octanol–water partition coefficient (Wildman–Crippen LogP) is 2.31. The summed E-state index contributed by atoms with van der Waals surface area (Å²) in [6, 6.07) is 2.29. The van der Waals surface area contributed by atoms with Crippen molar-refractivity contribution in [1.29, 1.82) is 5.26 Å². The van der Waals surface area contributed by atoms with Gasteiger partial charge in [0.15, 0.2) is 0 Å². The minimum atomic E-state index is 0.0469. The lowest BCUT2D eigenvalue weighted by atomic mass is 10.0. The fourth-order valence-corrected chi connectivity index (χ4v) is 1.17.